The van der Waals surface area contributed by atoms with E-state index in [4.69, 9.17) is 9.97 Å². The van der Waals surface area contributed by atoms with Gasteiger partial charge >= 0.3 is 0 Å². The topological polar surface area (TPSA) is 46.5 Å². The molecule has 1 N–H and O–H groups in total. The van der Waals surface area contributed by atoms with E-state index >= 15 is 0 Å². The Morgan fingerprint density at radius 2 is 1.40 bits per heavy atom. The molecule has 0 amide bonds. The molecule has 8 bridgehead atoms. The van der Waals surface area contributed by atoms with Crippen molar-refractivity contribution in [3.8, 4) is 0 Å². The van der Waals surface area contributed by atoms with Crippen LogP contribution in [0.3, 0.4) is 0 Å². The molecule has 30 heavy (non-hydrogen) atoms. The Kier molecular flexibility index (Phi) is 4.07. The lowest BCUT2D eigenvalue weighted by Crippen LogP contribution is -1.93. The summed E-state index contributed by atoms with van der Waals surface area (Å²) < 4.78 is 2.28. The molecule has 3 aromatic rings. The summed E-state index contributed by atoms with van der Waals surface area (Å²) in [4.78, 5) is 13.3. The van der Waals surface area contributed by atoms with Crippen LogP contribution in [0.5, 0.6) is 0 Å². The third-order valence-electron chi connectivity index (χ3n) is 6.54. The van der Waals surface area contributed by atoms with E-state index in [2.05, 4.69) is 93.7 Å². The molecule has 2 aliphatic rings. The van der Waals surface area contributed by atoms with Crippen LogP contribution in [0.1, 0.15) is 53.3 Å². The predicted molar refractivity (Wildman–Crippen MR) is 127 cm³/mol. The number of hydrogen-bond acceptors (Lipinski definition) is 2. The summed E-state index contributed by atoms with van der Waals surface area (Å²) in [5.74, 6) is 0. The summed E-state index contributed by atoms with van der Waals surface area (Å²) in [6, 6.07) is 10.6. The van der Waals surface area contributed by atoms with Gasteiger partial charge in [0.15, 0.2) is 0 Å². The van der Waals surface area contributed by atoms with Gasteiger partial charge in [0.25, 0.3) is 0 Å². The molecule has 0 fully saturated rings. The third kappa shape index (κ3) is 2.75. The van der Waals surface area contributed by atoms with Gasteiger partial charge in [0.05, 0.1) is 22.8 Å². The van der Waals surface area contributed by atoms with E-state index in [1.807, 2.05) is 0 Å². The lowest BCUT2D eigenvalue weighted by Gasteiger charge is -2.04. The Morgan fingerprint density at radius 1 is 0.733 bits per heavy atom. The van der Waals surface area contributed by atoms with E-state index in [1.54, 1.807) is 0 Å². The van der Waals surface area contributed by atoms with E-state index in [0.717, 1.165) is 33.8 Å². The van der Waals surface area contributed by atoms with Crippen LogP contribution in [0, 0.1) is 20.8 Å². The van der Waals surface area contributed by atoms with Crippen LogP contribution in [0.25, 0.3) is 45.4 Å². The van der Waals surface area contributed by atoms with Crippen LogP contribution in [0.2, 0.25) is 0 Å². The normalized spacial score (nSPS) is 13.4. The van der Waals surface area contributed by atoms with Crippen molar-refractivity contribution in [1.29, 1.82) is 0 Å². The van der Waals surface area contributed by atoms with Crippen molar-refractivity contribution < 1.29 is 0 Å². The Morgan fingerprint density at radius 3 is 2.13 bits per heavy atom. The molecule has 150 valence electrons. The van der Waals surface area contributed by atoms with E-state index < -0.39 is 0 Å². The minimum Gasteiger partial charge on any atom is -0.355 e. The lowest BCUT2D eigenvalue weighted by molar-refractivity contribution is 0.997. The highest BCUT2D eigenvalue weighted by Crippen LogP contribution is 2.34. The highest BCUT2D eigenvalue weighted by atomic mass is 14.9. The summed E-state index contributed by atoms with van der Waals surface area (Å²) in [7, 11) is 2.14. The van der Waals surface area contributed by atoms with Crippen molar-refractivity contribution >= 4 is 45.4 Å². The Labute approximate surface area is 176 Å². The zero-order chi connectivity index (χ0) is 21.2. The molecule has 5 rings (SSSR count). The van der Waals surface area contributed by atoms with Gasteiger partial charge in [-0.15, -0.1) is 0 Å². The molecule has 0 unspecified atom stereocenters. The van der Waals surface area contributed by atoms with E-state index in [1.165, 1.54) is 38.9 Å². The molecule has 0 aliphatic carbocycles. The van der Waals surface area contributed by atoms with Crippen molar-refractivity contribution in [2.24, 2.45) is 7.05 Å². The maximum absolute atomic E-state index is 5.05. The molecule has 4 heteroatoms. The van der Waals surface area contributed by atoms with Gasteiger partial charge in [0.2, 0.25) is 0 Å². The maximum atomic E-state index is 5.05. The predicted octanol–water partition coefficient (Wildman–Crippen LogP) is 6.37. The van der Waals surface area contributed by atoms with Crippen molar-refractivity contribution in [3.63, 3.8) is 0 Å². The Bertz CT molecular complexity index is 1440. The van der Waals surface area contributed by atoms with Gasteiger partial charge in [-0.25, -0.2) is 9.97 Å². The second kappa shape index (κ2) is 6.56. The monoisotopic (exact) mass is 394 g/mol. The Balaban J connectivity index is 2.01. The number of allylic oxidation sites excluding steroid dienone is 2. The van der Waals surface area contributed by atoms with Gasteiger partial charge in [-0.3, -0.25) is 0 Å². The second-order valence-electron chi connectivity index (χ2n) is 8.36. The van der Waals surface area contributed by atoms with Crippen molar-refractivity contribution in [3.05, 3.63) is 69.8 Å². The van der Waals surface area contributed by atoms with E-state index in [-0.39, 0.29) is 0 Å². The van der Waals surface area contributed by atoms with Crippen LogP contribution >= 0.6 is 0 Å². The van der Waals surface area contributed by atoms with E-state index in [0.29, 0.717) is 0 Å². The number of aryl methyl sites for hydroxylation is 4. The Hall–Kier alpha value is -3.40. The number of aromatic nitrogens is 4. The first-order valence-electron chi connectivity index (χ1n) is 10.3. The molecule has 0 saturated carbocycles. The molecule has 0 aromatic carbocycles. The van der Waals surface area contributed by atoms with Gasteiger partial charge in [-0.2, -0.15) is 0 Å². The molecular formula is C26H26N4. The summed E-state index contributed by atoms with van der Waals surface area (Å²) in [6.07, 6.45) is 4.14. The minimum absolute atomic E-state index is 0.953. The number of nitrogens with zero attached hydrogens (tertiary/aromatic N) is 3. The van der Waals surface area contributed by atoms with Crippen molar-refractivity contribution in [1.82, 2.24) is 19.5 Å². The van der Waals surface area contributed by atoms with Crippen molar-refractivity contribution in [2.75, 3.05) is 0 Å². The number of aromatic amines is 1. The maximum Gasteiger partial charge on any atom is 0.0719 e. The number of rotatable bonds is 0. The molecule has 0 atom stereocenters. The molecule has 3 aromatic heterocycles. The summed E-state index contributed by atoms with van der Waals surface area (Å²) in [5.41, 5.74) is 14.8. The first-order valence-corrected chi connectivity index (χ1v) is 10.3. The average Bonchev–Trinajstić information content (AvgIpc) is 3.45. The molecule has 2 aliphatic heterocycles. The molecular weight excluding hydrogens is 368 g/mol. The lowest BCUT2D eigenvalue weighted by atomic mass is 10.0. The second-order valence-corrected chi connectivity index (χ2v) is 8.36. The molecule has 5 heterocycles. The number of hydrogen-bond donors (Lipinski definition) is 1. The van der Waals surface area contributed by atoms with Crippen LogP contribution < -0.4 is 0 Å². The molecule has 0 radical (unpaired) electrons. The zero-order valence-corrected chi connectivity index (χ0v) is 18.4. The first-order chi connectivity index (χ1) is 14.3. The third-order valence-corrected chi connectivity index (χ3v) is 6.54. The van der Waals surface area contributed by atoms with Crippen LogP contribution in [0.4, 0.5) is 0 Å². The molecule has 0 saturated heterocycles. The standard InChI is InChI=1S/C26H26N4/c1-14-16(3)25-18(5)26-17(4)15(2)24(30(26)6)13-22-10-8-20(28-22)11-19-7-9-21(27-19)12-23(14)29-25/h7-13,27H,1-6H3. The fourth-order valence-electron chi connectivity index (χ4n) is 4.61. The summed E-state index contributed by atoms with van der Waals surface area (Å²) >= 11 is 0. The fraction of sp³-hybridized carbons (Fsp3) is 0.231. The van der Waals surface area contributed by atoms with Crippen LogP contribution in [-0.2, 0) is 7.05 Å². The largest absolute Gasteiger partial charge is 0.355 e. The molecule has 4 nitrogen and oxygen atoms in total. The number of H-pyrrole nitrogens is 1. The summed E-state index contributed by atoms with van der Waals surface area (Å²) in [5, 5.41) is 0. The van der Waals surface area contributed by atoms with Gasteiger partial charge in [-0.05, 0) is 105 Å². The fourth-order valence-corrected chi connectivity index (χ4v) is 4.61. The highest BCUT2D eigenvalue weighted by molar-refractivity contribution is 5.93. The van der Waals surface area contributed by atoms with Crippen LogP contribution in [-0.4, -0.2) is 19.5 Å². The van der Waals surface area contributed by atoms with Gasteiger partial charge in [-0.1, -0.05) is 0 Å². The summed E-state index contributed by atoms with van der Waals surface area (Å²) in [6.45, 7) is 10.9. The highest BCUT2D eigenvalue weighted by Gasteiger charge is 2.18. The number of nitrogens with one attached hydrogen (secondary N) is 1. The van der Waals surface area contributed by atoms with Gasteiger partial charge < -0.3 is 9.55 Å². The van der Waals surface area contributed by atoms with E-state index in [9.17, 15) is 0 Å². The van der Waals surface area contributed by atoms with Crippen molar-refractivity contribution in [2.45, 2.75) is 34.6 Å². The van der Waals surface area contributed by atoms with Gasteiger partial charge in [0.1, 0.15) is 0 Å². The number of fused-ring (bicyclic) bond motifs is 8. The average molecular weight is 395 g/mol. The smallest absolute Gasteiger partial charge is 0.0719 e. The quantitative estimate of drug-likeness (QED) is 0.376. The van der Waals surface area contributed by atoms with Gasteiger partial charge in [0, 0.05) is 29.1 Å². The minimum atomic E-state index is 0.953. The first kappa shape index (κ1) is 18.6. The SMILES string of the molecule is CC1=C(C)c2nc1cc1ccc(cc3nc(cc4c(C)c(C)c(c2C)n4C)C=C3)[nH]1. The zero-order valence-electron chi connectivity index (χ0n) is 18.4. The molecule has 0 spiro atoms. The van der Waals surface area contributed by atoms with Crippen LogP contribution in [0.15, 0.2) is 30.3 Å².